The maximum Gasteiger partial charge on any atom is 0.251 e. The smallest absolute Gasteiger partial charge is 0.251 e. The molecule has 1 unspecified atom stereocenters. The second-order valence-corrected chi connectivity index (χ2v) is 9.15. The average molecular weight is 439 g/mol. The molecule has 0 aliphatic rings. The minimum absolute atomic E-state index is 0.218. The van der Waals surface area contributed by atoms with Gasteiger partial charge in [0.2, 0.25) is 10.0 Å². The molecule has 0 fully saturated rings. The van der Waals surface area contributed by atoms with Crippen LogP contribution in [0.3, 0.4) is 0 Å². The molecule has 7 heteroatoms. The Balaban J connectivity index is 1.77. The molecule has 31 heavy (non-hydrogen) atoms. The highest BCUT2D eigenvalue weighted by molar-refractivity contribution is 7.92. The molecule has 0 saturated heterocycles. The van der Waals surface area contributed by atoms with Crippen LogP contribution in [0.5, 0.6) is 5.75 Å². The molecule has 3 aromatic carbocycles. The first-order valence-corrected chi connectivity index (χ1v) is 11.7. The van der Waals surface area contributed by atoms with Gasteiger partial charge in [-0.15, -0.1) is 0 Å². The zero-order valence-corrected chi connectivity index (χ0v) is 18.6. The highest BCUT2D eigenvalue weighted by atomic mass is 32.2. The molecule has 3 rings (SSSR count). The van der Waals surface area contributed by atoms with Crippen LogP contribution in [0.1, 0.15) is 34.5 Å². The molecular weight excluding hydrogens is 412 g/mol. The van der Waals surface area contributed by atoms with Gasteiger partial charge in [0.05, 0.1) is 31.6 Å². The van der Waals surface area contributed by atoms with E-state index in [9.17, 15) is 13.2 Å². The number of nitrogens with one attached hydrogen (secondary N) is 1. The Morgan fingerprint density at radius 2 is 1.58 bits per heavy atom. The number of carbonyl (C=O) groups excluding carboxylic acids is 1. The number of amides is 1. The van der Waals surface area contributed by atoms with Gasteiger partial charge in [-0.25, -0.2) is 8.42 Å². The number of hydrogen-bond acceptors (Lipinski definition) is 4. The number of nitrogens with zero attached hydrogens (tertiary/aromatic N) is 1. The molecule has 0 heterocycles. The summed E-state index contributed by atoms with van der Waals surface area (Å²) in [5.41, 5.74) is 2.70. The number of sulfonamides is 1. The topological polar surface area (TPSA) is 75.7 Å². The van der Waals surface area contributed by atoms with Gasteiger partial charge in [-0.2, -0.15) is 0 Å². The molecular formula is C24H26N2O4S. The maximum absolute atomic E-state index is 12.7. The van der Waals surface area contributed by atoms with Crippen LogP contribution in [-0.4, -0.2) is 27.7 Å². The van der Waals surface area contributed by atoms with Crippen LogP contribution in [0.25, 0.3) is 0 Å². The molecule has 1 N–H and O–H groups in total. The molecule has 0 aliphatic heterocycles. The van der Waals surface area contributed by atoms with Crippen molar-refractivity contribution in [1.29, 1.82) is 0 Å². The lowest BCUT2D eigenvalue weighted by atomic mass is 10.1. The molecule has 1 atom stereocenters. The second kappa shape index (κ2) is 9.66. The third-order valence-corrected chi connectivity index (χ3v) is 6.08. The van der Waals surface area contributed by atoms with Gasteiger partial charge in [-0.1, -0.05) is 48.5 Å². The number of methoxy groups -OCH3 is 1. The van der Waals surface area contributed by atoms with E-state index < -0.39 is 10.0 Å². The Bertz CT molecular complexity index is 1130. The quantitative estimate of drug-likeness (QED) is 0.573. The van der Waals surface area contributed by atoms with Crippen LogP contribution >= 0.6 is 0 Å². The van der Waals surface area contributed by atoms with Gasteiger partial charge in [-0.05, 0) is 42.8 Å². The molecule has 0 radical (unpaired) electrons. The minimum Gasteiger partial charge on any atom is -0.496 e. The van der Waals surface area contributed by atoms with Gasteiger partial charge in [0.25, 0.3) is 5.91 Å². The summed E-state index contributed by atoms with van der Waals surface area (Å²) in [6.45, 7) is 2.10. The van der Waals surface area contributed by atoms with E-state index in [2.05, 4.69) is 5.32 Å². The van der Waals surface area contributed by atoms with Crippen molar-refractivity contribution in [3.05, 3.63) is 95.6 Å². The van der Waals surface area contributed by atoms with Crippen LogP contribution in [-0.2, 0) is 16.6 Å². The van der Waals surface area contributed by atoms with E-state index in [0.717, 1.165) is 11.1 Å². The van der Waals surface area contributed by atoms with E-state index in [4.69, 9.17) is 4.74 Å². The Hall–Kier alpha value is -3.32. The van der Waals surface area contributed by atoms with Crippen molar-refractivity contribution in [3.63, 3.8) is 0 Å². The molecule has 3 aromatic rings. The van der Waals surface area contributed by atoms with Crippen molar-refractivity contribution in [1.82, 2.24) is 5.32 Å². The largest absolute Gasteiger partial charge is 0.496 e. The number of benzene rings is 3. The van der Waals surface area contributed by atoms with Crippen molar-refractivity contribution >= 4 is 21.6 Å². The first-order chi connectivity index (χ1) is 14.8. The number of para-hydroxylation sites is 1. The summed E-state index contributed by atoms with van der Waals surface area (Å²) in [4.78, 5) is 12.7. The fourth-order valence-electron chi connectivity index (χ4n) is 3.31. The molecule has 0 aromatic heterocycles. The molecule has 0 bridgehead atoms. The number of hydrogen-bond donors (Lipinski definition) is 1. The van der Waals surface area contributed by atoms with Gasteiger partial charge < -0.3 is 10.1 Å². The van der Waals surface area contributed by atoms with Gasteiger partial charge in [-0.3, -0.25) is 9.10 Å². The summed E-state index contributed by atoms with van der Waals surface area (Å²) in [5.74, 6) is 0.453. The van der Waals surface area contributed by atoms with Gasteiger partial charge in [0, 0.05) is 11.1 Å². The second-order valence-electron chi connectivity index (χ2n) is 7.24. The van der Waals surface area contributed by atoms with E-state index in [-0.39, 0.29) is 18.5 Å². The number of ether oxygens (including phenoxy) is 1. The lowest BCUT2D eigenvalue weighted by Gasteiger charge is -2.23. The Morgan fingerprint density at radius 3 is 2.19 bits per heavy atom. The van der Waals surface area contributed by atoms with E-state index in [1.54, 1.807) is 31.4 Å². The molecule has 6 nitrogen and oxygen atoms in total. The first-order valence-electron chi connectivity index (χ1n) is 9.85. The third-order valence-electron chi connectivity index (χ3n) is 4.94. The van der Waals surface area contributed by atoms with Gasteiger partial charge in [0.1, 0.15) is 5.75 Å². The fourth-order valence-corrected chi connectivity index (χ4v) is 4.20. The van der Waals surface area contributed by atoms with Crippen molar-refractivity contribution < 1.29 is 17.9 Å². The maximum atomic E-state index is 12.7. The standard InChI is InChI=1S/C24H26N2O4S/c1-18(22-11-7-8-12-23(22)30-2)25-24(27)20-13-15-21(16-14-20)26(31(3,28)29)17-19-9-5-4-6-10-19/h4-16,18H,17H2,1-3H3,(H,25,27). The van der Waals surface area contributed by atoms with Crippen LogP contribution < -0.4 is 14.4 Å². The van der Waals surface area contributed by atoms with Crippen LogP contribution in [0.2, 0.25) is 0 Å². The van der Waals surface area contributed by atoms with E-state index in [1.165, 1.54) is 10.6 Å². The Kier molecular flexibility index (Phi) is 6.97. The highest BCUT2D eigenvalue weighted by Gasteiger charge is 2.19. The number of carbonyl (C=O) groups is 1. The predicted molar refractivity (Wildman–Crippen MR) is 123 cm³/mol. The lowest BCUT2D eigenvalue weighted by molar-refractivity contribution is 0.0939. The fraction of sp³-hybridized carbons (Fsp3) is 0.208. The zero-order valence-electron chi connectivity index (χ0n) is 17.8. The van der Waals surface area contributed by atoms with Crippen molar-refractivity contribution in [3.8, 4) is 5.75 Å². The summed E-state index contributed by atoms with van der Waals surface area (Å²) < 4.78 is 31.4. The summed E-state index contributed by atoms with van der Waals surface area (Å²) in [6, 6.07) is 23.2. The van der Waals surface area contributed by atoms with Crippen molar-refractivity contribution in [2.75, 3.05) is 17.7 Å². The highest BCUT2D eigenvalue weighted by Crippen LogP contribution is 2.25. The van der Waals surface area contributed by atoms with Gasteiger partial charge in [0.15, 0.2) is 0 Å². The van der Waals surface area contributed by atoms with Crippen molar-refractivity contribution in [2.45, 2.75) is 19.5 Å². The summed E-state index contributed by atoms with van der Waals surface area (Å²) in [5, 5.41) is 2.96. The molecule has 0 saturated carbocycles. The lowest BCUT2D eigenvalue weighted by Crippen LogP contribution is -2.29. The molecule has 0 spiro atoms. The Morgan fingerprint density at radius 1 is 0.968 bits per heavy atom. The first kappa shape index (κ1) is 22.4. The van der Waals surface area contributed by atoms with Crippen molar-refractivity contribution in [2.24, 2.45) is 0 Å². The Labute approximate surface area is 183 Å². The van der Waals surface area contributed by atoms with Gasteiger partial charge >= 0.3 is 0 Å². The predicted octanol–water partition coefficient (Wildman–Crippen LogP) is 4.15. The average Bonchev–Trinajstić information content (AvgIpc) is 2.77. The minimum atomic E-state index is -3.49. The van der Waals surface area contributed by atoms with Crippen LogP contribution in [0.15, 0.2) is 78.9 Å². The van der Waals surface area contributed by atoms with Crippen LogP contribution in [0, 0.1) is 0 Å². The number of anilines is 1. The summed E-state index contributed by atoms with van der Waals surface area (Å²) >= 11 is 0. The SMILES string of the molecule is COc1ccccc1C(C)NC(=O)c1ccc(N(Cc2ccccc2)S(C)(=O)=O)cc1. The van der Waals surface area contributed by atoms with E-state index in [1.807, 2.05) is 61.5 Å². The zero-order chi connectivity index (χ0) is 22.4. The molecule has 0 aliphatic carbocycles. The summed E-state index contributed by atoms with van der Waals surface area (Å²) in [7, 11) is -1.90. The third kappa shape index (κ3) is 5.64. The van der Waals surface area contributed by atoms with E-state index >= 15 is 0 Å². The van der Waals surface area contributed by atoms with E-state index in [0.29, 0.717) is 17.0 Å². The molecule has 162 valence electrons. The summed E-state index contributed by atoms with van der Waals surface area (Å²) in [6.07, 6.45) is 1.17. The molecule has 1 amide bonds. The normalized spacial score (nSPS) is 12.1. The number of rotatable bonds is 8. The monoisotopic (exact) mass is 438 g/mol. The van der Waals surface area contributed by atoms with Crippen LogP contribution in [0.4, 0.5) is 5.69 Å².